The predicted molar refractivity (Wildman–Crippen MR) is 60.4 cm³/mol. The fraction of sp³-hybridized carbons (Fsp3) is 0.818. The molecule has 4 nitrogen and oxygen atoms in total. The van der Waals surface area contributed by atoms with Crippen LogP contribution in [0.5, 0.6) is 0 Å². The van der Waals surface area contributed by atoms with Crippen molar-refractivity contribution < 1.29 is 14.3 Å². The van der Waals surface area contributed by atoms with Crippen LogP contribution >= 0.6 is 0 Å². The molecule has 0 saturated carbocycles. The Balaban J connectivity index is 0. The van der Waals surface area contributed by atoms with E-state index in [1.54, 1.807) is 0 Å². The van der Waals surface area contributed by atoms with E-state index in [1.165, 1.54) is 13.5 Å². The molecule has 0 saturated heterocycles. The molecule has 90 valence electrons. The summed E-state index contributed by atoms with van der Waals surface area (Å²) in [7, 11) is 1.29. The molecule has 4 heteroatoms. The van der Waals surface area contributed by atoms with Gasteiger partial charge < -0.3 is 10.1 Å². The molecule has 0 atom stereocenters. The summed E-state index contributed by atoms with van der Waals surface area (Å²) < 4.78 is 4.35. The highest BCUT2D eigenvalue weighted by molar-refractivity contribution is 5.81. The van der Waals surface area contributed by atoms with Crippen molar-refractivity contribution in [2.24, 2.45) is 5.92 Å². The van der Waals surface area contributed by atoms with Crippen LogP contribution in [0.4, 0.5) is 0 Å². The van der Waals surface area contributed by atoms with E-state index in [2.05, 4.69) is 23.9 Å². The molecule has 0 heterocycles. The van der Waals surface area contributed by atoms with Gasteiger partial charge in [0.1, 0.15) is 6.54 Å². The Morgan fingerprint density at radius 3 is 2.07 bits per heavy atom. The molecule has 1 amide bonds. The fourth-order valence-electron chi connectivity index (χ4n) is 0.686. The third-order valence-corrected chi connectivity index (χ3v) is 1.25. The zero-order valence-electron chi connectivity index (χ0n) is 10.4. The molecule has 0 rings (SSSR count). The molecule has 1 N–H and O–H groups in total. The molecule has 15 heavy (non-hydrogen) atoms. The second-order valence-electron chi connectivity index (χ2n) is 3.66. The molecular weight excluding hydrogens is 194 g/mol. The highest BCUT2D eigenvalue weighted by Crippen LogP contribution is 1.97. The van der Waals surface area contributed by atoms with Crippen molar-refractivity contribution in [3.05, 3.63) is 0 Å². The van der Waals surface area contributed by atoms with Gasteiger partial charge in [0.05, 0.1) is 7.11 Å². The number of amides is 1. The number of carbonyl (C=O) groups excluding carboxylic acids is 2. The maximum absolute atomic E-state index is 11.0. The van der Waals surface area contributed by atoms with Crippen LogP contribution in [-0.4, -0.2) is 25.5 Å². The number of rotatable bonds is 4. The SMILES string of the molecule is CCC.COC(=O)CNC(=O)CC(C)C. The first-order valence-corrected chi connectivity index (χ1v) is 5.31. The van der Waals surface area contributed by atoms with Gasteiger partial charge in [-0.1, -0.05) is 34.1 Å². The zero-order valence-corrected chi connectivity index (χ0v) is 10.4. The third-order valence-electron chi connectivity index (χ3n) is 1.25. The summed E-state index contributed by atoms with van der Waals surface area (Å²) in [5.74, 6) is -0.231. The lowest BCUT2D eigenvalue weighted by Crippen LogP contribution is -2.30. The van der Waals surface area contributed by atoms with E-state index in [0.717, 1.165) is 0 Å². The lowest BCUT2D eigenvalue weighted by Gasteiger charge is -2.05. The minimum atomic E-state index is -0.424. The second kappa shape index (κ2) is 11.0. The summed E-state index contributed by atoms with van der Waals surface area (Å²) in [6.07, 6.45) is 1.69. The van der Waals surface area contributed by atoms with Gasteiger partial charge in [0.25, 0.3) is 0 Å². The van der Waals surface area contributed by atoms with Crippen LogP contribution in [0.25, 0.3) is 0 Å². The lowest BCUT2D eigenvalue weighted by molar-refractivity contribution is -0.141. The summed E-state index contributed by atoms with van der Waals surface area (Å²) in [4.78, 5) is 21.5. The number of methoxy groups -OCH3 is 1. The smallest absolute Gasteiger partial charge is 0.325 e. The van der Waals surface area contributed by atoms with Gasteiger partial charge in [0, 0.05) is 6.42 Å². The van der Waals surface area contributed by atoms with E-state index in [4.69, 9.17) is 0 Å². The van der Waals surface area contributed by atoms with Gasteiger partial charge in [-0.2, -0.15) is 0 Å². The van der Waals surface area contributed by atoms with E-state index in [-0.39, 0.29) is 12.5 Å². The van der Waals surface area contributed by atoms with Crippen molar-refractivity contribution in [1.29, 1.82) is 0 Å². The molecule has 0 aliphatic heterocycles. The Morgan fingerprint density at radius 1 is 1.27 bits per heavy atom. The standard InChI is InChI=1S/C8H15NO3.C3H8/c1-6(2)4-7(10)9-5-8(11)12-3;1-3-2/h6H,4-5H2,1-3H3,(H,9,10);3H2,1-2H3. The average Bonchev–Trinajstić information content (AvgIpc) is 2.14. The maximum Gasteiger partial charge on any atom is 0.325 e. The summed E-state index contributed by atoms with van der Waals surface area (Å²) >= 11 is 0. The van der Waals surface area contributed by atoms with Crippen molar-refractivity contribution >= 4 is 11.9 Å². The van der Waals surface area contributed by atoms with Crippen LogP contribution in [-0.2, 0) is 14.3 Å². The van der Waals surface area contributed by atoms with E-state index in [1.807, 2.05) is 13.8 Å². The van der Waals surface area contributed by atoms with Gasteiger partial charge in [-0.15, -0.1) is 0 Å². The lowest BCUT2D eigenvalue weighted by atomic mass is 10.1. The Labute approximate surface area is 92.4 Å². The van der Waals surface area contributed by atoms with Gasteiger partial charge in [0.15, 0.2) is 0 Å². The number of hydrogen-bond donors (Lipinski definition) is 1. The topological polar surface area (TPSA) is 55.4 Å². The Morgan fingerprint density at radius 2 is 1.73 bits per heavy atom. The minimum Gasteiger partial charge on any atom is -0.468 e. The molecule has 0 spiro atoms. The summed E-state index contributed by atoms with van der Waals surface area (Å²) in [5, 5.41) is 2.45. The highest BCUT2D eigenvalue weighted by atomic mass is 16.5. The van der Waals surface area contributed by atoms with Crippen LogP contribution in [0.15, 0.2) is 0 Å². The average molecular weight is 217 g/mol. The van der Waals surface area contributed by atoms with Crippen molar-refractivity contribution in [2.45, 2.75) is 40.5 Å². The maximum atomic E-state index is 11.0. The number of ether oxygens (including phenoxy) is 1. The number of nitrogens with one attached hydrogen (secondary N) is 1. The third kappa shape index (κ3) is 15.7. The van der Waals surface area contributed by atoms with Gasteiger partial charge in [-0.05, 0) is 5.92 Å². The van der Waals surface area contributed by atoms with Gasteiger partial charge in [-0.25, -0.2) is 0 Å². The number of carbonyl (C=O) groups is 2. The molecule has 0 aliphatic carbocycles. The molecule has 0 unspecified atom stereocenters. The van der Waals surface area contributed by atoms with Gasteiger partial charge in [-0.3, -0.25) is 9.59 Å². The van der Waals surface area contributed by atoms with Crippen molar-refractivity contribution in [3.63, 3.8) is 0 Å². The molecule has 0 aromatic rings. The number of hydrogen-bond acceptors (Lipinski definition) is 3. The largest absolute Gasteiger partial charge is 0.468 e. The molecule has 0 aliphatic rings. The van der Waals surface area contributed by atoms with E-state index in [9.17, 15) is 9.59 Å². The molecule has 0 bridgehead atoms. The quantitative estimate of drug-likeness (QED) is 0.730. The fourth-order valence-corrected chi connectivity index (χ4v) is 0.686. The van der Waals surface area contributed by atoms with Crippen molar-refractivity contribution in [2.75, 3.05) is 13.7 Å². The number of esters is 1. The first-order valence-electron chi connectivity index (χ1n) is 5.31. The Bertz CT molecular complexity index is 179. The van der Waals surface area contributed by atoms with Crippen LogP contribution in [0.3, 0.4) is 0 Å². The van der Waals surface area contributed by atoms with Crippen LogP contribution in [0, 0.1) is 5.92 Å². The van der Waals surface area contributed by atoms with Gasteiger partial charge in [0.2, 0.25) is 5.91 Å². The normalized spacial score (nSPS) is 8.93. The monoisotopic (exact) mass is 217 g/mol. The Kier molecular flexibility index (Phi) is 12.0. The second-order valence-corrected chi connectivity index (χ2v) is 3.66. The van der Waals surface area contributed by atoms with Crippen LogP contribution in [0.2, 0.25) is 0 Å². The van der Waals surface area contributed by atoms with Gasteiger partial charge >= 0.3 is 5.97 Å². The van der Waals surface area contributed by atoms with E-state index < -0.39 is 5.97 Å². The van der Waals surface area contributed by atoms with Crippen molar-refractivity contribution in [1.82, 2.24) is 5.32 Å². The molecule has 0 fully saturated rings. The van der Waals surface area contributed by atoms with Crippen LogP contribution in [0.1, 0.15) is 40.5 Å². The highest BCUT2D eigenvalue weighted by Gasteiger charge is 2.06. The summed E-state index contributed by atoms with van der Waals surface area (Å²) in [6, 6.07) is 0. The Hall–Kier alpha value is -1.06. The minimum absolute atomic E-state index is 0.0396. The molecule has 0 radical (unpaired) electrons. The van der Waals surface area contributed by atoms with Crippen molar-refractivity contribution in [3.8, 4) is 0 Å². The predicted octanol–water partition coefficient (Wildman–Crippen LogP) is 1.74. The molecular formula is C11H23NO3. The zero-order chi connectivity index (χ0) is 12.3. The van der Waals surface area contributed by atoms with E-state index in [0.29, 0.717) is 12.3 Å². The first kappa shape index (κ1) is 16.4. The molecule has 0 aromatic carbocycles. The first-order chi connectivity index (χ1) is 6.97. The van der Waals surface area contributed by atoms with E-state index >= 15 is 0 Å². The molecule has 0 aromatic heterocycles. The summed E-state index contributed by atoms with van der Waals surface area (Å²) in [6.45, 7) is 8.09. The van der Waals surface area contributed by atoms with Crippen LogP contribution < -0.4 is 5.32 Å². The summed E-state index contributed by atoms with van der Waals surface area (Å²) in [5.41, 5.74) is 0.